The first-order chi connectivity index (χ1) is 7.00. The molecule has 0 radical (unpaired) electrons. The Hall–Kier alpha value is -1.98. The Morgan fingerprint density at radius 3 is 2.60 bits per heavy atom. The zero-order chi connectivity index (χ0) is 11.4. The molecule has 0 saturated carbocycles. The molecular weight excluding hydrogens is 198 g/mol. The van der Waals surface area contributed by atoms with Crippen molar-refractivity contribution >= 4 is 11.7 Å². The van der Waals surface area contributed by atoms with E-state index in [-0.39, 0.29) is 17.0 Å². The smallest absolute Gasteiger partial charge is 0.272 e. The molecule has 0 aliphatic heterocycles. The second kappa shape index (κ2) is 4.50. The predicted molar refractivity (Wildman–Crippen MR) is 52.5 cm³/mol. The molecule has 1 heterocycles. The van der Waals surface area contributed by atoms with Gasteiger partial charge in [0, 0.05) is 6.07 Å². The number of carbonyl (C=O) groups excluding carboxylic acids is 2. The maximum Gasteiger partial charge on any atom is 0.272 e. The number of hydrogen-bond donors (Lipinski definition) is 2. The number of aromatic nitrogens is 2. The molecule has 1 aromatic rings. The van der Waals surface area contributed by atoms with Gasteiger partial charge in [0.2, 0.25) is 0 Å². The molecule has 0 aliphatic carbocycles. The van der Waals surface area contributed by atoms with E-state index in [4.69, 9.17) is 0 Å². The van der Waals surface area contributed by atoms with Crippen LogP contribution in [0.15, 0.2) is 16.9 Å². The van der Waals surface area contributed by atoms with Crippen LogP contribution in [0.25, 0.3) is 0 Å². The minimum atomic E-state index is -0.564. The average Bonchev–Trinajstić information content (AvgIpc) is 2.18. The van der Waals surface area contributed by atoms with Crippen LogP contribution in [0.2, 0.25) is 0 Å². The van der Waals surface area contributed by atoms with E-state index in [1.807, 2.05) is 0 Å². The Balaban J connectivity index is 2.73. The number of hydrogen-bond acceptors (Lipinski definition) is 4. The van der Waals surface area contributed by atoms with Crippen molar-refractivity contribution in [1.29, 1.82) is 0 Å². The minimum absolute atomic E-state index is 0.0719. The Morgan fingerprint density at radius 1 is 1.47 bits per heavy atom. The topological polar surface area (TPSA) is 91.9 Å². The van der Waals surface area contributed by atoms with Crippen LogP contribution in [0.1, 0.15) is 24.3 Å². The molecule has 0 saturated heterocycles. The summed E-state index contributed by atoms with van der Waals surface area (Å²) in [6.45, 7) is 2.96. The summed E-state index contributed by atoms with van der Waals surface area (Å²) in [5, 5.41) is 8.10. The fourth-order valence-electron chi connectivity index (χ4n) is 0.843. The number of Topliss-reactive ketones (excluding diaryl/α,β-unsaturated/α-hetero) is 1. The number of nitrogens with zero attached hydrogens (tertiary/aromatic N) is 1. The van der Waals surface area contributed by atoms with Gasteiger partial charge in [0.05, 0.1) is 6.04 Å². The fraction of sp³-hybridized carbons (Fsp3) is 0.333. The Morgan fingerprint density at radius 2 is 2.13 bits per heavy atom. The zero-order valence-corrected chi connectivity index (χ0v) is 8.40. The number of amides is 1. The average molecular weight is 209 g/mol. The first-order valence-corrected chi connectivity index (χ1v) is 4.37. The molecule has 1 unspecified atom stereocenters. The molecule has 0 aliphatic rings. The molecule has 0 aromatic carbocycles. The Bertz CT molecular complexity index is 418. The first kappa shape index (κ1) is 11.1. The first-order valence-electron chi connectivity index (χ1n) is 4.37. The highest BCUT2D eigenvalue weighted by molar-refractivity contribution is 5.95. The van der Waals surface area contributed by atoms with Crippen LogP contribution in [0, 0.1) is 0 Å². The normalized spacial score (nSPS) is 11.9. The van der Waals surface area contributed by atoms with Crippen molar-refractivity contribution in [3.63, 3.8) is 0 Å². The number of nitrogens with one attached hydrogen (secondary N) is 2. The van der Waals surface area contributed by atoms with Crippen molar-refractivity contribution in [1.82, 2.24) is 15.5 Å². The monoisotopic (exact) mass is 209 g/mol. The van der Waals surface area contributed by atoms with E-state index in [2.05, 4.69) is 15.5 Å². The van der Waals surface area contributed by atoms with E-state index in [1.54, 1.807) is 6.92 Å². The van der Waals surface area contributed by atoms with E-state index in [0.29, 0.717) is 0 Å². The van der Waals surface area contributed by atoms with Gasteiger partial charge in [0.15, 0.2) is 5.78 Å². The lowest BCUT2D eigenvalue weighted by atomic mass is 10.2. The van der Waals surface area contributed by atoms with Gasteiger partial charge in [0.1, 0.15) is 5.69 Å². The van der Waals surface area contributed by atoms with Gasteiger partial charge in [-0.15, -0.1) is 0 Å². The molecular formula is C9H11N3O3. The maximum atomic E-state index is 11.4. The molecule has 15 heavy (non-hydrogen) atoms. The van der Waals surface area contributed by atoms with Crippen LogP contribution in [0.5, 0.6) is 0 Å². The van der Waals surface area contributed by atoms with Gasteiger partial charge in [-0.2, -0.15) is 5.10 Å². The number of carbonyl (C=O) groups is 2. The summed E-state index contributed by atoms with van der Waals surface area (Å²) >= 11 is 0. The zero-order valence-electron chi connectivity index (χ0n) is 8.40. The van der Waals surface area contributed by atoms with Crippen molar-refractivity contribution in [3.05, 3.63) is 28.2 Å². The summed E-state index contributed by atoms with van der Waals surface area (Å²) in [6.07, 6.45) is 0. The van der Waals surface area contributed by atoms with Crippen LogP contribution >= 0.6 is 0 Å². The summed E-state index contributed by atoms with van der Waals surface area (Å²) in [6, 6.07) is 1.92. The quantitative estimate of drug-likeness (QED) is 0.700. The second-order valence-electron chi connectivity index (χ2n) is 3.11. The highest BCUT2D eigenvalue weighted by Crippen LogP contribution is 1.91. The summed E-state index contributed by atoms with van der Waals surface area (Å²) in [4.78, 5) is 33.0. The van der Waals surface area contributed by atoms with Crippen LogP contribution in [0.3, 0.4) is 0 Å². The molecule has 0 spiro atoms. The maximum absolute atomic E-state index is 11.4. The summed E-state index contributed by atoms with van der Waals surface area (Å²) in [7, 11) is 0. The van der Waals surface area contributed by atoms with E-state index < -0.39 is 11.9 Å². The van der Waals surface area contributed by atoms with Crippen molar-refractivity contribution < 1.29 is 9.59 Å². The SMILES string of the molecule is CC(=O)C(C)NC(=O)c1ccc(=O)[nH]n1. The molecule has 80 valence electrons. The minimum Gasteiger partial charge on any atom is -0.341 e. The number of rotatable bonds is 3. The highest BCUT2D eigenvalue weighted by Gasteiger charge is 2.13. The van der Waals surface area contributed by atoms with Crippen molar-refractivity contribution in [2.75, 3.05) is 0 Å². The largest absolute Gasteiger partial charge is 0.341 e. The van der Waals surface area contributed by atoms with E-state index in [1.165, 1.54) is 19.1 Å². The van der Waals surface area contributed by atoms with Crippen LogP contribution in [-0.2, 0) is 4.79 Å². The van der Waals surface area contributed by atoms with Gasteiger partial charge in [-0.05, 0) is 19.9 Å². The molecule has 1 rings (SSSR count). The van der Waals surface area contributed by atoms with E-state index in [9.17, 15) is 14.4 Å². The van der Waals surface area contributed by atoms with Crippen molar-refractivity contribution in [3.8, 4) is 0 Å². The summed E-state index contributed by atoms with van der Waals surface area (Å²) in [5.74, 6) is -0.637. The molecule has 1 atom stereocenters. The van der Waals surface area contributed by atoms with Gasteiger partial charge in [-0.3, -0.25) is 14.4 Å². The van der Waals surface area contributed by atoms with E-state index >= 15 is 0 Å². The molecule has 0 fully saturated rings. The highest BCUT2D eigenvalue weighted by atomic mass is 16.2. The third-order valence-corrected chi connectivity index (χ3v) is 1.87. The fourth-order valence-corrected chi connectivity index (χ4v) is 0.843. The van der Waals surface area contributed by atoms with Gasteiger partial charge in [-0.1, -0.05) is 0 Å². The van der Waals surface area contributed by atoms with Crippen LogP contribution < -0.4 is 10.9 Å². The van der Waals surface area contributed by atoms with Gasteiger partial charge in [-0.25, -0.2) is 5.10 Å². The van der Waals surface area contributed by atoms with Crippen LogP contribution in [0.4, 0.5) is 0 Å². The molecule has 6 heteroatoms. The van der Waals surface area contributed by atoms with Gasteiger partial charge >= 0.3 is 0 Å². The Kier molecular flexibility index (Phi) is 3.33. The summed E-state index contributed by atoms with van der Waals surface area (Å²) in [5.41, 5.74) is -0.311. The van der Waals surface area contributed by atoms with Crippen LogP contribution in [-0.4, -0.2) is 27.9 Å². The lowest BCUT2D eigenvalue weighted by molar-refractivity contribution is -0.118. The molecule has 1 amide bonds. The number of aromatic amines is 1. The van der Waals surface area contributed by atoms with Crippen molar-refractivity contribution in [2.24, 2.45) is 0 Å². The lowest BCUT2D eigenvalue weighted by Crippen LogP contribution is -2.38. The van der Waals surface area contributed by atoms with Gasteiger partial charge < -0.3 is 5.32 Å². The number of H-pyrrole nitrogens is 1. The Labute approximate surface area is 85.7 Å². The molecule has 1 aromatic heterocycles. The predicted octanol–water partition coefficient (Wildman–Crippen LogP) is -0.523. The van der Waals surface area contributed by atoms with Gasteiger partial charge in [0.25, 0.3) is 11.5 Å². The lowest BCUT2D eigenvalue weighted by Gasteiger charge is -2.08. The summed E-state index contributed by atoms with van der Waals surface area (Å²) < 4.78 is 0. The third-order valence-electron chi connectivity index (χ3n) is 1.87. The molecule has 2 N–H and O–H groups in total. The second-order valence-corrected chi connectivity index (χ2v) is 3.11. The standard InChI is InChI=1S/C9H11N3O3/c1-5(6(2)13)10-9(15)7-3-4-8(14)12-11-7/h3-5H,1-2H3,(H,10,15)(H,12,14). The van der Waals surface area contributed by atoms with Crippen molar-refractivity contribution in [2.45, 2.75) is 19.9 Å². The third kappa shape index (κ3) is 3.01. The molecule has 6 nitrogen and oxygen atoms in total. The molecule has 0 bridgehead atoms. The number of ketones is 1. The van der Waals surface area contributed by atoms with E-state index in [0.717, 1.165) is 0 Å².